The Morgan fingerprint density at radius 1 is 0.424 bits per heavy atom. The minimum Gasteiger partial charge on any atom is -0.310 e. The molecule has 1 fully saturated rings. The van der Waals surface area contributed by atoms with Gasteiger partial charge in [0.25, 0.3) is 0 Å². The van der Waals surface area contributed by atoms with Crippen molar-refractivity contribution in [2.24, 2.45) is 5.41 Å². The van der Waals surface area contributed by atoms with Crippen LogP contribution >= 0.6 is 10.0 Å². The summed E-state index contributed by atoms with van der Waals surface area (Å²) in [4.78, 5) is 5.65. The van der Waals surface area contributed by atoms with Crippen LogP contribution in [0.1, 0.15) is 67.0 Å². The van der Waals surface area contributed by atoms with Gasteiger partial charge >= 0.3 is 0 Å². The highest BCUT2D eigenvalue weighted by molar-refractivity contribution is 8.37. The van der Waals surface area contributed by atoms with Gasteiger partial charge in [-0.15, -0.1) is 10.0 Å². The molecule has 16 rings (SSSR count). The Balaban J connectivity index is 0.00000303. The van der Waals surface area contributed by atoms with Crippen LogP contribution in [0.4, 0.5) is 0 Å². The quantitative estimate of drug-likeness (QED) is 0.129. The Labute approximate surface area is 502 Å². The highest BCUT2D eigenvalue weighted by atomic mass is 32.3. The zero-order valence-corrected chi connectivity index (χ0v) is 48.9. The van der Waals surface area contributed by atoms with Gasteiger partial charge in [0.05, 0.1) is 11.2 Å². The molecule has 0 radical (unpaired) electrons. The maximum Gasteiger partial charge on any atom is 0.0538 e. The monoisotopic (exact) mass is 1110 g/mol. The molecule has 0 saturated heterocycles. The van der Waals surface area contributed by atoms with Crippen LogP contribution in [0.5, 0.6) is 0 Å². The number of hydrogen-bond acceptors (Lipinski definition) is 0. The van der Waals surface area contributed by atoms with Gasteiger partial charge in [-0.05, 0) is 162 Å². The van der Waals surface area contributed by atoms with Crippen molar-refractivity contribution in [1.82, 2.24) is 4.57 Å². The van der Waals surface area contributed by atoms with E-state index in [1.165, 1.54) is 131 Å². The first-order valence-corrected chi connectivity index (χ1v) is 31.9. The first-order valence-electron chi connectivity index (χ1n) is 30.2. The fourth-order valence-corrected chi connectivity index (χ4v) is 18.4. The molecule has 10 aromatic carbocycles. The predicted molar refractivity (Wildman–Crippen MR) is 362 cm³/mol. The fraction of sp³-hybridized carbons (Fsp3) is 0.0843. The summed E-state index contributed by atoms with van der Waals surface area (Å²) in [5, 5.41) is 1.34. The van der Waals surface area contributed by atoms with Crippen LogP contribution in [0.2, 0.25) is 0 Å². The topological polar surface area (TPSA) is 4.93 Å². The summed E-state index contributed by atoms with van der Waals surface area (Å²) in [7, 11) is -1.91. The first-order chi connectivity index (χ1) is 42.1. The van der Waals surface area contributed by atoms with Crippen LogP contribution < -0.4 is 0 Å². The summed E-state index contributed by atoms with van der Waals surface area (Å²) in [6.07, 6.45) is 24.8. The third kappa shape index (κ3) is 8.94. The standard InChI is InChI=1S/C81H59NS.C2H6/c1-6-17-56(18-7-1)60-29-33-62(34-30-60)59-23-16-24-68(45-41-59)81-52-51-77-80(75(81)55-81)74-53-67(66-39-37-64(38-40-66)63-35-31-61(32-36-63)57-19-8-2-9-20-57)43-49-76(74)82(77)69-46-48-73-72-47-42-65(58-21-10-3-11-22-58)44-50-78(72)83(79(73)54-69,70-25-12-4-13-26-70)71-27-14-5-15-28-71;1-2/h1-23,25-49,51-54,75H,24,50,55H2;1-2H3. The molecule has 1 aliphatic heterocycles. The Morgan fingerprint density at radius 3 is 1.49 bits per heavy atom. The number of fused-ring (bicyclic) bond motifs is 7. The summed E-state index contributed by atoms with van der Waals surface area (Å²) in [5.74, 6) is 0.351. The van der Waals surface area contributed by atoms with Crippen molar-refractivity contribution in [2.45, 2.75) is 53.7 Å². The van der Waals surface area contributed by atoms with Gasteiger partial charge in [-0.1, -0.05) is 280 Å². The van der Waals surface area contributed by atoms with Crippen molar-refractivity contribution in [2.75, 3.05) is 0 Å². The molecular weight excluding hydrogens is 1040 g/mol. The number of benzene rings is 10. The third-order valence-electron chi connectivity index (χ3n) is 18.3. The van der Waals surface area contributed by atoms with Gasteiger partial charge in [0.15, 0.2) is 0 Å². The highest BCUT2D eigenvalue weighted by Crippen LogP contribution is 2.80. The van der Waals surface area contributed by atoms with Crippen molar-refractivity contribution < 1.29 is 0 Å². The van der Waals surface area contributed by atoms with E-state index in [0.29, 0.717) is 5.92 Å². The lowest BCUT2D eigenvalue weighted by molar-refractivity contribution is 0.719. The summed E-state index contributed by atoms with van der Waals surface area (Å²) >= 11 is 0. The molecule has 85 heavy (non-hydrogen) atoms. The Kier molecular flexibility index (Phi) is 13.4. The summed E-state index contributed by atoms with van der Waals surface area (Å²) < 4.78 is 2.61. The molecule has 11 aromatic rings. The lowest BCUT2D eigenvalue weighted by Crippen LogP contribution is -2.09. The SMILES string of the molecule is C1=CC(c2ccc(-c3ccccc3)cc2)=CC=C(C23C=Cc4c(c5cc(-c6ccc(-c7ccc(-c8ccccc8)cc7)cc6)ccc5n4-c4ccc5c(c4)S(c4ccccc4)(c4ccccc4)C4=C5C=CC(c5ccccc5)=CC4)C2C3)C1.CC. The van der Waals surface area contributed by atoms with E-state index in [9.17, 15) is 0 Å². The van der Waals surface area contributed by atoms with Crippen molar-refractivity contribution >= 4 is 43.7 Å². The van der Waals surface area contributed by atoms with Crippen LogP contribution in [0.25, 0.3) is 83.9 Å². The van der Waals surface area contributed by atoms with Crippen molar-refractivity contribution in [3.63, 3.8) is 0 Å². The Morgan fingerprint density at radius 2 is 0.918 bits per heavy atom. The van der Waals surface area contributed by atoms with Gasteiger partial charge < -0.3 is 4.57 Å². The summed E-state index contributed by atoms with van der Waals surface area (Å²) in [6, 6.07) is 97.0. The van der Waals surface area contributed by atoms with Gasteiger partial charge in [0.1, 0.15) is 0 Å². The first kappa shape index (κ1) is 52.1. The number of nitrogens with zero attached hydrogens (tertiary/aromatic N) is 1. The molecule has 1 nitrogen and oxygen atoms in total. The largest absolute Gasteiger partial charge is 0.310 e. The van der Waals surface area contributed by atoms with Crippen LogP contribution in [0, 0.1) is 5.41 Å². The number of aromatic nitrogens is 1. The van der Waals surface area contributed by atoms with Crippen LogP contribution in [-0.2, 0) is 0 Å². The second kappa shape index (κ2) is 21.8. The Hall–Kier alpha value is -9.73. The molecular formula is C83H65NS. The third-order valence-corrected chi connectivity index (χ3v) is 22.3. The molecule has 0 N–H and O–H groups in total. The van der Waals surface area contributed by atoms with E-state index in [4.69, 9.17) is 0 Å². The van der Waals surface area contributed by atoms with Crippen molar-refractivity contribution in [3.8, 4) is 50.2 Å². The maximum atomic E-state index is 2.61. The molecule has 0 bridgehead atoms. The van der Waals surface area contributed by atoms with Crippen LogP contribution in [-0.4, -0.2) is 4.57 Å². The zero-order valence-electron chi connectivity index (χ0n) is 48.1. The van der Waals surface area contributed by atoms with Gasteiger partial charge in [-0.25, -0.2) is 0 Å². The van der Waals surface area contributed by atoms with E-state index < -0.39 is 10.0 Å². The van der Waals surface area contributed by atoms with Gasteiger partial charge in [-0.3, -0.25) is 0 Å². The van der Waals surface area contributed by atoms with Crippen molar-refractivity contribution in [1.29, 1.82) is 0 Å². The maximum absolute atomic E-state index is 2.61. The minimum absolute atomic E-state index is 0.0505. The second-order valence-electron chi connectivity index (χ2n) is 22.7. The Bertz CT molecular complexity index is 4510. The van der Waals surface area contributed by atoms with E-state index in [2.05, 4.69) is 320 Å². The molecule has 0 amide bonds. The van der Waals surface area contributed by atoms with Crippen molar-refractivity contribution in [3.05, 3.63) is 348 Å². The molecule has 2 heteroatoms. The molecule has 408 valence electrons. The molecule has 5 aliphatic rings. The van der Waals surface area contributed by atoms with Gasteiger partial charge in [0, 0.05) is 37.1 Å². The number of rotatable bonds is 10. The molecule has 1 saturated carbocycles. The zero-order chi connectivity index (χ0) is 56.9. The van der Waals surface area contributed by atoms with Gasteiger partial charge in [0.2, 0.25) is 0 Å². The van der Waals surface area contributed by atoms with E-state index in [1.807, 2.05) is 13.8 Å². The van der Waals surface area contributed by atoms with Crippen LogP contribution in [0.3, 0.4) is 0 Å². The smallest absolute Gasteiger partial charge is 0.0538 e. The molecule has 1 aromatic heterocycles. The van der Waals surface area contributed by atoms with E-state index >= 15 is 0 Å². The average molecular weight is 1110 g/mol. The summed E-state index contributed by atoms with van der Waals surface area (Å²) in [6.45, 7) is 4.00. The minimum atomic E-state index is -1.91. The fourth-order valence-electron chi connectivity index (χ4n) is 14.0. The lowest BCUT2D eigenvalue weighted by atomic mass is 9.84. The van der Waals surface area contributed by atoms with E-state index in [0.717, 1.165) is 19.3 Å². The lowest BCUT2D eigenvalue weighted by Gasteiger charge is -2.41. The normalized spacial score (nSPS) is 18.0. The van der Waals surface area contributed by atoms with Crippen LogP contribution in [0.15, 0.2) is 335 Å². The molecule has 2 atom stereocenters. The predicted octanol–water partition coefficient (Wildman–Crippen LogP) is 22.8. The van der Waals surface area contributed by atoms with E-state index in [-0.39, 0.29) is 5.41 Å². The molecule has 2 heterocycles. The average Bonchev–Trinajstić information content (AvgIpc) is 1.56. The van der Waals surface area contributed by atoms with E-state index in [1.54, 1.807) is 0 Å². The summed E-state index contributed by atoms with van der Waals surface area (Å²) in [5.41, 5.74) is 24.2. The molecule has 2 unspecified atom stereocenters. The number of allylic oxidation sites excluding steroid dienone is 13. The highest BCUT2D eigenvalue weighted by Gasteiger charge is 2.58. The molecule has 4 aliphatic carbocycles. The molecule has 0 spiro atoms. The van der Waals surface area contributed by atoms with Gasteiger partial charge in [-0.2, -0.15) is 0 Å². The number of hydrogen-bond donors (Lipinski definition) is 0. The second-order valence-corrected chi connectivity index (χ2v) is 25.8.